The molecule has 0 spiro atoms. The molecule has 16 heavy (non-hydrogen) atoms. The molecule has 0 N–H and O–H groups in total. The summed E-state index contributed by atoms with van der Waals surface area (Å²) in [7, 11) is 1.37. The molecule has 82 valence electrons. The van der Waals surface area contributed by atoms with Gasteiger partial charge in [-0.25, -0.2) is 4.79 Å². The number of rotatable bonds is 2. The molecule has 0 radical (unpaired) electrons. The van der Waals surface area contributed by atoms with Crippen molar-refractivity contribution in [2.75, 3.05) is 7.11 Å². The molecule has 0 saturated heterocycles. The number of ether oxygens (including phenoxy) is 1. The first-order chi connectivity index (χ1) is 7.69. The van der Waals surface area contributed by atoms with Gasteiger partial charge in [-0.2, -0.15) is 0 Å². The second-order valence-electron chi connectivity index (χ2n) is 3.65. The van der Waals surface area contributed by atoms with E-state index in [1.165, 1.54) is 12.7 Å². The summed E-state index contributed by atoms with van der Waals surface area (Å²) in [4.78, 5) is 11.1. The Hall–Kier alpha value is -1.97. The molecule has 2 rings (SSSR count). The lowest BCUT2D eigenvalue weighted by atomic mass is 10.2. The maximum absolute atomic E-state index is 11.1. The summed E-state index contributed by atoms with van der Waals surface area (Å²) < 4.78 is 6.16. The lowest BCUT2D eigenvalue weighted by Gasteiger charge is -1.97. The van der Waals surface area contributed by atoms with Gasteiger partial charge in [0.25, 0.3) is 6.54 Å². The Balaban J connectivity index is 2.37. The van der Waals surface area contributed by atoms with Gasteiger partial charge in [0.2, 0.25) is 0 Å². The fourth-order valence-corrected chi connectivity index (χ4v) is 1.52. The molecule has 0 aliphatic rings. The summed E-state index contributed by atoms with van der Waals surface area (Å²) in [6.45, 7) is 2.18. The van der Waals surface area contributed by atoms with Crippen molar-refractivity contribution in [1.82, 2.24) is 5.10 Å². The first-order valence-corrected chi connectivity index (χ1v) is 5.03. The second kappa shape index (κ2) is 4.26. The Bertz CT molecular complexity index is 538. The molecule has 0 fully saturated rings. The molecule has 4 heteroatoms. The third-order valence-electron chi connectivity index (χ3n) is 2.36. The van der Waals surface area contributed by atoms with E-state index in [-0.39, 0.29) is 12.5 Å². The molecule has 0 amide bonds. The van der Waals surface area contributed by atoms with Crippen LogP contribution in [0, 0.1) is 6.92 Å². The SMILES string of the molecule is COC(=O)C[n+]1ccc2cc(C)ccc2n1. The fraction of sp³-hybridized carbons (Fsp3) is 0.250. The molecule has 0 bridgehead atoms. The molecule has 0 aliphatic carbocycles. The molecule has 1 aromatic heterocycles. The van der Waals surface area contributed by atoms with Gasteiger partial charge in [-0.05, 0) is 19.1 Å². The van der Waals surface area contributed by atoms with Gasteiger partial charge in [0, 0.05) is 16.6 Å². The van der Waals surface area contributed by atoms with Crippen molar-refractivity contribution in [1.29, 1.82) is 0 Å². The van der Waals surface area contributed by atoms with Crippen LogP contribution in [-0.4, -0.2) is 18.2 Å². The summed E-state index contributed by atoms with van der Waals surface area (Å²) in [5.74, 6) is -0.302. The van der Waals surface area contributed by atoms with Crippen molar-refractivity contribution < 1.29 is 14.2 Å². The number of carbonyl (C=O) groups excluding carboxylic acids is 1. The molecule has 2 aromatic rings. The Morgan fingerprint density at radius 3 is 3.00 bits per heavy atom. The van der Waals surface area contributed by atoms with Gasteiger partial charge < -0.3 is 4.74 Å². The number of esters is 1. The number of benzene rings is 1. The fourth-order valence-electron chi connectivity index (χ4n) is 1.52. The number of carbonyl (C=O) groups is 1. The highest BCUT2D eigenvalue weighted by atomic mass is 16.5. The largest absolute Gasteiger partial charge is 0.464 e. The molecular formula is C12H13N2O2+. The van der Waals surface area contributed by atoms with Gasteiger partial charge in [-0.3, -0.25) is 0 Å². The first kappa shape index (κ1) is 10.5. The highest BCUT2D eigenvalue weighted by molar-refractivity contribution is 5.77. The average Bonchev–Trinajstić information content (AvgIpc) is 2.29. The standard InChI is InChI=1S/C12H13N2O2/c1-9-3-4-11-10(7-9)5-6-14(13-11)8-12(15)16-2/h3-7H,8H2,1-2H3/q+1. The van der Waals surface area contributed by atoms with Crippen LogP contribution in [0.5, 0.6) is 0 Å². The van der Waals surface area contributed by atoms with E-state index >= 15 is 0 Å². The minimum absolute atomic E-state index is 0.139. The lowest BCUT2D eigenvalue weighted by molar-refractivity contribution is -0.741. The van der Waals surface area contributed by atoms with E-state index in [4.69, 9.17) is 0 Å². The zero-order chi connectivity index (χ0) is 11.5. The number of aryl methyl sites for hydroxylation is 1. The topological polar surface area (TPSA) is 43.1 Å². The number of aromatic nitrogens is 2. The molecule has 0 atom stereocenters. The zero-order valence-electron chi connectivity index (χ0n) is 9.30. The van der Waals surface area contributed by atoms with E-state index in [9.17, 15) is 4.79 Å². The van der Waals surface area contributed by atoms with E-state index in [2.05, 4.69) is 15.9 Å². The van der Waals surface area contributed by atoms with Gasteiger partial charge in [0.05, 0.1) is 7.11 Å². The third-order valence-corrected chi connectivity index (χ3v) is 2.36. The van der Waals surface area contributed by atoms with Crippen molar-refractivity contribution in [3.63, 3.8) is 0 Å². The summed E-state index contributed by atoms with van der Waals surface area (Å²) in [6.07, 6.45) is 1.78. The van der Waals surface area contributed by atoms with Crippen LogP contribution >= 0.6 is 0 Å². The molecule has 0 aliphatic heterocycles. The van der Waals surface area contributed by atoms with Crippen LogP contribution < -0.4 is 4.68 Å². The average molecular weight is 217 g/mol. The molecular weight excluding hydrogens is 204 g/mol. The summed E-state index contributed by atoms with van der Waals surface area (Å²) in [5, 5.41) is 5.39. The zero-order valence-corrected chi connectivity index (χ0v) is 9.30. The van der Waals surface area contributed by atoms with Crippen molar-refractivity contribution in [3.05, 3.63) is 36.0 Å². The number of hydrogen-bond donors (Lipinski definition) is 0. The Kier molecular flexibility index (Phi) is 2.81. The van der Waals surface area contributed by atoms with Crippen molar-refractivity contribution in [3.8, 4) is 0 Å². The van der Waals surface area contributed by atoms with Crippen LogP contribution in [-0.2, 0) is 16.1 Å². The minimum atomic E-state index is -0.302. The third kappa shape index (κ3) is 2.16. The molecule has 0 unspecified atom stereocenters. The predicted octanol–water partition coefficient (Wildman–Crippen LogP) is 1.00. The molecule has 4 nitrogen and oxygen atoms in total. The Labute approximate surface area is 93.5 Å². The minimum Gasteiger partial charge on any atom is -0.464 e. The number of nitrogens with zero attached hydrogens (tertiary/aromatic N) is 2. The van der Waals surface area contributed by atoms with Gasteiger partial charge in [0.1, 0.15) is 5.52 Å². The van der Waals surface area contributed by atoms with E-state index in [1.807, 2.05) is 25.1 Å². The number of fused-ring (bicyclic) bond motifs is 1. The van der Waals surface area contributed by atoms with E-state index < -0.39 is 0 Å². The quantitative estimate of drug-likeness (QED) is 0.557. The van der Waals surface area contributed by atoms with E-state index in [1.54, 1.807) is 10.9 Å². The smallest absolute Gasteiger partial charge is 0.374 e. The van der Waals surface area contributed by atoms with Crippen LogP contribution in [0.1, 0.15) is 5.56 Å². The van der Waals surface area contributed by atoms with Crippen LogP contribution in [0.15, 0.2) is 30.5 Å². The van der Waals surface area contributed by atoms with Crippen LogP contribution in [0.25, 0.3) is 10.9 Å². The number of methoxy groups -OCH3 is 1. The van der Waals surface area contributed by atoms with Crippen molar-refractivity contribution >= 4 is 16.9 Å². The van der Waals surface area contributed by atoms with Gasteiger partial charge in [0.15, 0.2) is 6.20 Å². The monoisotopic (exact) mass is 217 g/mol. The van der Waals surface area contributed by atoms with Gasteiger partial charge in [-0.15, -0.1) is 0 Å². The van der Waals surface area contributed by atoms with Crippen LogP contribution in [0.2, 0.25) is 0 Å². The molecule has 0 saturated carbocycles. The van der Waals surface area contributed by atoms with E-state index in [0.29, 0.717) is 0 Å². The number of hydrogen-bond acceptors (Lipinski definition) is 3. The van der Waals surface area contributed by atoms with Crippen molar-refractivity contribution in [2.45, 2.75) is 13.5 Å². The molecule has 1 aromatic carbocycles. The highest BCUT2D eigenvalue weighted by Gasteiger charge is 2.11. The second-order valence-corrected chi connectivity index (χ2v) is 3.65. The van der Waals surface area contributed by atoms with Crippen LogP contribution in [0.4, 0.5) is 0 Å². The first-order valence-electron chi connectivity index (χ1n) is 5.03. The Morgan fingerprint density at radius 2 is 2.25 bits per heavy atom. The van der Waals surface area contributed by atoms with E-state index in [0.717, 1.165) is 10.9 Å². The Morgan fingerprint density at radius 1 is 1.44 bits per heavy atom. The lowest BCUT2D eigenvalue weighted by Crippen LogP contribution is -2.41. The van der Waals surface area contributed by atoms with Gasteiger partial charge in [-0.1, -0.05) is 16.3 Å². The van der Waals surface area contributed by atoms with Crippen molar-refractivity contribution in [2.24, 2.45) is 0 Å². The maximum atomic E-state index is 11.1. The maximum Gasteiger partial charge on any atom is 0.374 e. The van der Waals surface area contributed by atoms with Gasteiger partial charge >= 0.3 is 5.97 Å². The summed E-state index contributed by atoms with van der Waals surface area (Å²) in [6, 6.07) is 7.94. The van der Waals surface area contributed by atoms with Crippen LogP contribution in [0.3, 0.4) is 0 Å². The summed E-state index contributed by atoms with van der Waals surface area (Å²) >= 11 is 0. The summed E-state index contributed by atoms with van der Waals surface area (Å²) in [5.41, 5.74) is 2.07. The predicted molar refractivity (Wildman–Crippen MR) is 58.7 cm³/mol. The molecule has 1 heterocycles. The highest BCUT2D eigenvalue weighted by Crippen LogP contribution is 2.10. The normalized spacial score (nSPS) is 10.4.